The van der Waals surface area contributed by atoms with Crippen LogP contribution < -0.4 is 5.73 Å². The van der Waals surface area contributed by atoms with Gasteiger partial charge in [-0.3, -0.25) is 0 Å². The second kappa shape index (κ2) is 3.64. The van der Waals surface area contributed by atoms with Crippen LogP contribution in [0.25, 0.3) is 11.0 Å². The molecule has 0 aliphatic heterocycles. The zero-order valence-electron chi connectivity index (χ0n) is 10.1. The number of nitrogens with two attached hydrogens (primary N) is 1. The van der Waals surface area contributed by atoms with Crippen LogP contribution in [0.4, 0.5) is 5.95 Å². The van der Waals surface area contributed by atoms with Gasteiger partial charge in [0.1, 0.15) is 0 Å². The summed E-state index contributed by atoms with van der Waals surface area (Å²) in [4.78, 5) is 4.46. The second-order valence-electron chi connectivity index (χ2n) is 5.69. The van der Waals surface area contributed by atoms with E-state index < -0.39 is 0 Å². The molecule has 1 aromatic carbocycles. The molecule has 2 fully saturated rings. The summed E-state index contributed by atoms with van der Waals surface area (Å²) in [6.07, 6.45) is 5.32. The highest BCUT2D eigenvalue weighted by Crippen LogP contribution is 2.52. The van der Waals surface area contributed by atoms with Crippen LogP contribution in [0.5, 0.6) is 0 Å². The highest BCUT2D eigenvalue weighted by molar-refractivity contribution is 6.35. The Balaban J connectivity index is 1.92. The molecular formula is C14H16ClN3. The number of nitrogen functional groups attached to an aromatic ring is 1. The molecule has 2 N–H and O–H groups in total. The van der Waals surface area contributed by atoms with Crippen LogP contribution in [-0.4, -0.2) is 9.55 Å². The fraction of sp³-hybridized carbons (Fsp3) is 0.500. The largest absolute Gasteiger partial charge is 0.369 e. The molecule has 2 aromatic rings. The molecule has 3 unspecified atom stereocenters. The van der Waals surface area contributed by atoms with Crippen molar-refractivity contribution < 1.29 is 0 Å². The maximum Gasteiger partial charge on any atom is 0.201 e. The van der Waals surface area contributed by atoms with Gasteiger partial charge in [0.15, 0.2) is 0 Å². The Morgan fingerprint density at radius 3 is 2.89 bits per heavy atom. The molecule has 1 heterocycles. The predicted octanol–water partition coefficient (Wildman–Crippen LogP) is 3.63. The average molecular weight is 262 g/mol. The van der Waals surface area contributed by atoms with Gasteiger partial charge in [-0.05, 0) is 43.2 Å². The number of benzene rings is 1. The summed E-state index contributed by atoms with van der Waals surface area (Å²) >= 11 is 6.34. The smallest absolute Gasteiger partial charge is 0.201 e. The van der Waals surface area contributed by atoms with Crippen molar-refractivity contribution >= 4 is 28.6 Å². The van der Waals surface area contributed by atoms with Crippen molar-refractivity contribution in [2.75, 3.05) is 5.73 Å². The first-order valence-electron chi connectivity index (χ1n) is 6.66. The SMILES string of the molecule is Nc1nc2cccc(Cl)c2n1C1CC2CCC1C2. The first kappa shape index (κ1) is 10.7. The molecule has 0 radical (unpaired) electrons. The quantitative estimate of drug-likeness (QED) is 0.852. The topological polar surface area (TPSA) is 43.8 Å². The average Bonchev–Trinajstić information content (AvgIpc) is 3.01. The van der Waals surface area contributed by atoms with Crippen molar-refractivity contribution in [1.29, 1.82) is 0 Å². The number of halogens is 1. The van der Waals surface area contributed by atoms with Crippen LogP contribution in [0.15, 0.2) is 18.2 Å². The maximum atomic E-state index is 6.34. The number of fused-ring (bicyclic) bond motifs is 3. The lowest BCUT2D eigenvalue weighted by Gasteiger charge is -2.25. The van der Waals surface area contributed by atoms with Gasteiger partial charge in [-0.15, -0.1) is 0 Å². The van der Waals surface area contributed by atoms with Gasteiger partial charge in [0, 0.05) is 6.04 Å². The molecule has 0 saturated heterocycles. The van der Waals surface area contributed by atoms with Gasteiger partial charge in [0.2, 0.25) is 5.95 Å². The monoisotopic (exact) mass is 261 g/mol. The van der Waals surface area contributed by atoms with E-state index in [0.29, 0.717) is 12.0 Å². The summed E-state index contributed by atoms with van der Waals surface area (Å²) in [5, 5.41) is 0.763. The Bertz CT molecular complexity index is 619. The number of hydrogen-bond donors (Lipinski definition) is 1. The van der Waals surface area contributed by atoms with Crippen LogP contribution >= 0.6 is 11.6 Å². The van der Waals surface area contributed by atoms with Crippen molar-refractivity contribution in [3.8, 4) is 0 Å². The molecule has 3 nitrogen and oxygen atoms in total. The zero-order chi connectivity index (χ0) is 12.3. The Labute approximate surface area is 111 Å². The molecule has 18 heavy (non-hydrogen) atoms. The van der Waals surface area contributed by atoms with E-state index in [2.05, 4.69) is 9.55 Å². The van der Waals surface area contributed by atoms with Crippen molar-refractivity contribution in [1.82, 2.24) is 9.55 Å². The Morgan fingerprint density at radius 1 is 1.28 bits per heavy atom. The summed E-state index contributed by atoms with van der Waals surface area (Å²) < 4.78 is 2.20. The third-order valence-electron chi connectivity index (χ3n) is 4.72. The van der Waals surface area contributed by atoms with Crippen LogP contribution in [0.1, 0.15) is 31.7 Å². The van der Waals surface area contributed by atoms with E-state index in [-0.39, 0.29) is 0 Å². The molecule has 2 aliphatic rings. The fourth-order valence-corrected chi connectivity index (χ4v) is 4.25. The number of imidazole rings is 1. The Kier molecular flexibility index (Phi) is 2.16. The van der Waals surface area contributed by atoms with Gasteiger partial charge in [-0.1, -0.05) is 24.1 Å². The summed E-state index contributed by atoms with van der Waals surface area (Å²) in [5.74, 6) is 2.28. The van der Waals surface area contributed by atoms with Gasteiger partial charge in [-0.25, -0.2) is 4.98 Å². The van der Waals surface area contributed by atoms with Crippen LogP contribution in [0, 0.1) is 11.8 Å². The number of nitrogens with zero attached hydrogens (tertiary/aromatic N) is 2. The van der Waals surface area contributed by atoms with Crippen LogP contribution in [0.3, 0.4) is 0 Å². The van der Waals surface area contributed by atoms with E-state index in [9.17, 15) is 0 Å². The van der Waals surface area contributed by atoms with Gasteiger partial charge in [-0.2, -0.15) is 0 Å². The van der Waals surface area contributed by atoms with Gasteiger partial charge in [0.05, 0.1) is 16.1 Å². The van der Waals surface area contributed by atoms with E-state index in [4.69, 9.17) is 17.3 Å². The van der Waals surface area contributed by atoms with E-state index >= 15 is 0 Å². The van der Waals surface area contributed by atoms with E-state index in [1.165, 1.54) is 25.7 Å². The van der Waals surface area contributed by atoms with Gasteiger partial charge < -0.3 is 10.3 Å². The summed E-state index contributed by atoms with van der Waals surface area (Å²) in [5.41, 5.74) is 8.07. The highest BCUT2D eigenvalue weighted by Gasteiger charge is 2.41. The van der Waals surface area contributed by atoms with Gasteiger partial charge in [0.25, 0.3) is 0 Å². The standard InChI is InChI=1S/C14H16ClN3/c15-10-2-1-3-11-13(10)18(14(16)17-11)12-7-8-4-5-9(12)6-8/h1-3,8-9,12H,4-7H2,(H2,16,17). The normalized spacial score (nSPS) is 30.4. The summed E-state index contributed by atoms with van der Waals surface area (Å²) in [7, 11) is 0. The van der Waals surface area contributed by atoms with Crippen molar-refractivity contribution in [3.05, 3.63) is 23.2 Å². The molecule has 4 rings (SSSR count). The maximum absolute atomic E-state index is 6.34. The molecule has 0 spiro atoms. The lowest BCUT2D eigenvalue weighted by atomic mass is 9.95. The van der Waals surface area contributed by atoms with Crippen LogP contribution in [0.2, 0.25) is 5.02 Å². The van der Waals surface area contributed by atoms with E-state index in [1.807, 2.05) is 18.2 Å². The first-order chi connectivity index (χ1) is 8.74. The Morgan fingerprint density at radius 2 is 2.17 bits per heavy atom. The summed E-state index contributed by atoms with van der Waals surface area (Å²) in [6, 6.07) is 6.35. The minimum Gasteiger partial charge on any atom is -0.369 e. The van der Waals surface area contributed by atoms with E-state index in [1.54, 1.807) is 0 Å². The molecule has 1 aromatic heterocycles. The predicted molar refractivity (Wildman–Crippen MR) is 73.6 cm³/mol. The third kappa shape index (κ3) is 1.34. The molecule has 2 saturated carbocycles. The van der Waals surface area contributed by atoms with E-state index in [0.717, 1.165) is 27.9 Å². The number of hydrogen-bond acceptors (Lipinski definition) is 2. The van der Waals surface area contributed by atoms with Crippen molar-refractivity contribution in [2.45, 2.75) is 31.7 Å². The fourth-order valence-electron chi connectivity index (χ4n) is 3.99. The first-order valence-corrected chi connectivity index (χ1v) is 7.04. The number of aromatic nitrogens is 2. The van der Waals surface area contributed by atoms with Gasteiger partial charge >= 0.3 is 0 Å². The molecular weight excluding hydrogens is 246 g/mol. The molecule has 3 atom stereocenters. The molecule has 2 aliphatic carbocycles. The third-order valence-corrected chi connectivity index (χ3v) is 5.03. The minimum atomic E-state index is 0.508. The molecule has 0 amide bonds. The van der Waals surface area contributed by atoms with Crippen molar-refractivity contribution in [3.63, 3.8) is 0 Å². The molecule has 2 bridgehead atoms. The Hall–Kier alpha value is -1.22. The number of anilines is 1. The summed E-state index contributed by atoms with van der Waals surface area (Å²) in [6.45, 7) is 0. The second-order valence-corrected chi connectivity index (χ2v) is 6.10. The molecule has 4 heteroatoms. The lowest BCUT2D eigenvalue weighted by molar-refractivity contribution is 0.339. The van der Waals surface area contributed by atoms with Crippen LogP contribution in [-0.2, 0) is 0 Å². The molecule has 94 valence electrons. The van der Waals surface area contributed by atoms with Crippen molar-refractivity contribution in [2.24, 2.45) is 11.8 Å². The highest BCUT2D eigenvalue weighted by atomic mass is 35.5. The minimum absolute atomic E-state index is 0.508. The number of rotatable bonds is 1. The number of para-hydroxylation sites is 1. The lowest BCUT2D eigenvalue weighted by Crippen LogP contribution is -2.18. The zero-order valence-corrected chi connectivity index (χ0v) is 10.9.